The van der Waals surface area contributed by atoms with Gasteiger partial charge < -0.3 is 10.6 Å². The second-order valence-electron chi connectivity index (χ2n) is 5.14. The lowest BCUT2D eigenvalue weighted by atomic mass is 9.85. The van der Waals surface area contributed by atoms with E-state index in [1.54, 1.807) is 0 Å². The topological polar surface area (TPSA) is 24.1 Å². The maximum atomic E-state index is 5.24. The van der Waals surface area contributed by atoms with Crippen molar-refractivity contribution >= 4 is 17.3 Å². The summed E-state index contributed by atoms with van der Waals surface area (Å²) in [5.74, 6) is 2.09. The second kappa shape index (κ2) is 8.80. The first-order chi connectivity index (χ1) is 7.49. The van der Waals surface area contributed by atoms with E-state index in [0.717, 1.165) is 18.2 Å². The zero-order chi connectivity index (χ0) is 12.6. The summed E-state index contributed by atoms with van der Waals surface area (Å²) in [6.45, 7) is 13.3. The van der Waals surface area contributed by atoms with Gasteiger partial charge >= 0.3 is 0 Å². The van der Waals surface area contributed by atoms with Gasteiger partial charge in [0.2, 0.25) is 0 Å². The lowest BCUT2D eigenvalue weighted by Crippen LogP contribution is -2.40. The minimum Gasteiger partial charge on any atom is -0.363 e. The maximum absolute atomic E-state index is 5.24. The van der Waals surface area contributed by atoms with E-state index >= 15 is 0 Å². The van der Waals surface area contributed by atoms with E-state index in [9.17, 15) is 0 Å². The number of nitrogens with one attached hydrogen (secondary N) is 2. The Bertz CT molecular complexity index is 182. The molecule has 0 aliphatic heterocycles. The Labute approximate surface area is 107 Å². The van der Waals surface area contributed by atoms with E-state index in [4.69, 9.17) is 12.2 Å². The average Bonchev–Trinajstić information content (AvgIpc) is 2.17. The Hall–Kier alpha value is -0.310. The molecule has 0 bridgehead atoms. The van der Waals surface area contributed by atoms with Crippen LogP contribution in [0.1, 0.15) is 47.5 Å². The number of unbranched alkanes of at least 4 members (excludes halogenated alkanes) is 1. The zero-order valence-electron chi connectivity index (χ0n) is 11.5. The summed E-state index contributed by atoms with van der Waals surface area (Å²) in [4.78, 5) is 0. The Morgan fingerprint density at radius 2 is 1.62 bits per heavy atom. The van der Waals surface area contributed by atoms with Crippen LogP contribution in [0.2, 0.25) is 0 Å². The molecular formula is C13H28N2S. The van der Waals surface area contributed by atoms with Crippen LogP contribution in [0.5, 0.6) is 0 Å². The standard InChI is InChI=1S/C13H28N2S/c1-6-7-8-14-13(16)15-9-12(10(2)3)11(4)5/h10-12H,6-9H2,1-5H3,(H2,14,15,16). The highest BCUT2D eigenvalue weighted by atomic mass is 32.1. The normalized spacial score (nSPS) is 11.2. The highest BCUT2D eigenvalue weighted by molar-refractivity contribution is 7.80. The lowest BCUT2D eigenvalue weighted by Gasteiger charge is -2.25. The van der Waals surface area contributed by atoms with Crippen LogP contribution in [-0.2, 0) is 0 Å². The van der Waals surface area contributed by atoms with Gasteiger partial charge in [0.25, 0.3) is 0 Å². The first kappa shape index (κ1) is 15.7. The van der Waals surface area contributed by atoms with Gasteiger partial charge in [-0.2, -0.15) is 0 Å². The van der Waals surface area contributed by atoms with Gasteiger partial charge in [-0.3, -0.25) is 0 Å². The Morgan fingerprint density at radius 1 is 1.06 bits per heavy atom. The van der Waals surface area contributed by atoms with Crippen LogP contribution in [0.4, 0.5) is 0 Å². The molecule has 2 N–H and O–H groups in total. The van der Waals surface area contributed by atoms with Crippen LogP contribution in [0.25, 0.3) is 0 Å². The SMILES string of the molecule is CCCCNC(=S)NCC(C(C)C)C(C)C. The van der Waals surface area contributed by atoms with Crippen LogP contribution in [-0.4, -0.2) is 18.2 Å². The van der Waals surface area contributed by atoms with Crippen molar-refractivity contribution < 1.29 is 0 Å². The molecule has 0 aromatic heterocycles. The number of thiocarbonyl (C=S) groups is 1. The molecule has 0 radical (unpaired) electrons. The van der Waals surface area contributed by atoms with E-state index in [1.807, 2.05) is 0 Å². The summed E-state index contributed by atoms with van der Waals surface area (Å²) < 4.78 is 0. The predicted molar refractivity (Wildman–Crippen MR) is 76.7 cm³/mol. The molecule has 2 nitrogen and oxygen atoms in total. The summed E-state index contributed by atoms with van der Waals surface area (Å²) in [7, 11) is 0. The molecule has 0 aliphatic rings. The summed E-state index contributed by atoms with van der Waals surface area (Å²) in [6.07, 6.45) is 2.38. The van der Waals surface area contributed by atoms with Crippen molar-refractivity contribution in [2.75, 3.05) is 13.1 Å². The molecule has 0 heterocycles. The van der Waals surface area contributed by atoms with Gasteiger partial charge in [0, 0.05) is 13.1 Å². The molecule has 0 saturated carbocycles. The van der Waals surface area contributed by atoms with Crippen LogP contribution < -0.4 is 10.6 Å². The summed E-state index contributed by atoms with van der Waals surface area (Å²) >= 11 is 5.24. The maximum Gasteiger partial charge on any atom is 0.166 e. The largest absolute Gasteiger partial charge is 0.363 e. The molecule has 16 heavy (non-hydrogen) atoms. The molecule has 0 atom stereocenters. The van der Waals surface area contributed by atoms with Gasteiger partial charge in [0.15, 0.2) is 5.11 Å². The predicted octanol–water partition coefficient (Wildman–Crippen LogP) is 3.18. The van der Waals surface area contributed by atoms with Gasteiger partial charge in [0.1, 0.15) is 0 Å². The molecule has 0 amide bonds. The minimum absolute atomic E-state index is 0.686. The van der Waals surface area contributed by atoms with E-state index in [0.29, 0.717) is 17.8 Å². The molecule has 0 aromatic carbocycles. The van der Waals surface area contributed by atoms with Crippen LogP contribution in [0.3, 0.4) is 0 Å². The van der Waals surface area contributed by atoms with Gasteiger partial charge in [-0.05, 0) is 36.4 Å². The van der Waals surface area contributed by atoms with Crippen molar-refractivity contribution in [3.8, 4) is 0 Å². The van der Waals surface area contributed by atoms with Crippen molar-refractivity contribution in [1.29, 1.82) is 0 Å². The fourth-order valence-electron chi connectivity index (χ4n) is 1.89. The zero-order valence-corrected chi connectivity index (χ0v) is 12.3. The van der Waals surface area contributed by atoms with Gasteiger partial charge in [-0.25, -0.2) is 0 Å². The molecule has 0 spiro atoms. The fraction of sp³-hybridized carbons (Fsp3) is 0.923. The van der Waals surface area contributed by atoms with Crippen LogP contribution in [0, 0.1) is 17.8 Å². The Kier molecular flexibility index (Phi) is 8.63. The second-order valence-corrected chi connectivity index (χ2v) is 5.55. The fourth-order valence-corrected chi connectivity index (χ4v) is 2.08. The third kappa shape index (κ3) is 7.04. The molecule has 0 aromatic rings. The Balaban J connectivity index is 3.79. The first-order valence-electron chi connectivity index (χ1n) is 6.50. The Morgan fingerprint density at radius 3 is 2.06 bits per heavy atom. The van der Waals surface area contributed by atoms with E-state index in [-0.39, 0.29) is 0 Å². The van der Waals surface area contributed by atoms with Gasteiger partial charge in [0.05, 0.1) is 0 Å². The summed E-state index contributed by atoms with van der Waals surface area (Å²) in [5, 5.41) is 7.37. The number of hydrogen-bond donors (Lipinski definition) is 2. The van der Waals surface area contributed by atoms with E-state index < -0.39 is 0 Å². The molecule has 0 rings (SSSR count). The minimum atomic E-state index is 0.686. The average molecular weight is 244 g/mol. The van der Waals surface area contributed by atoms with Crippen molar-refractivity contribution in [2.45, 2.75) is 47.5 Å². The van der Waals surface area contributed by atoms with Crippen molar-refractivity contribution in [3.63, 3.8) is 0 Å². The molecule has 0 unspecified atom stereocenters. The molecular weight excluding hydrogens is 216 g/mol. The third-order valence-corrected chi connectivity index (χ3v) is 3.32. The molecule has 0 saturated heterocycles. The highest BCUT2D eigenvalue weighted by Crippen LogP contribution is 2.19. The van der Waals surface area contributed by atoms with Crippen LogP contribution in [0.15, 0.2) is 0 Å². The number of hydrogen-bond acceptors (Lipinski definition) is 1. The van der Waals surface area contributed by atoms with Crippen molar-refractivity contribution in [1.82, 2.24) is 10.6 Å². The first-order valence-corrected chi connectivity index (χ1v) is 6.91. The van der Waals surface area contributed by atoms with E-state index in [2.05, 4.69) is 45.3 Å². The summed E-state index contributed by atoms with van der Waals surface area (Å²) in [5.41, 5.74) is 0. The molecule has 96 valence electrons. The monoisotopic (exact) mass is 244 g/mol. The van der Waals surface area contributed by atoms with E-state index in [1.165, 1.54) is 12.8 Å². The highest BCUT2D eigenvalue weighted by Gasteiger charge is 2.17. The molecule has 3 heteroatoms. The quantitative estimate of drug-likeness (QED) is 0.531. The van der Waals surface area contributed by atoms with Crippen molar-refractivity contribution in [2.24, 2.45) is 17.8 Å². The van der Waals surface area contributed by atoms with Gasteiger partial charge in [-0.15, -0.1) is 0 Å². The van der Waals surface area contributed by atoms with Crippen molar-refractivity contribution in [3.05, 3.63) is 0 Å². The lowest BCUT2D eigenvalue weighted by molar-refractivity contribution is 0.288. The summed E-state index contributed by atoms with van der Waals surface area (Å²) in [6, 6.07) is 0. The third-order valence-electron chi connectivity index (χ3n) is 3.03. The van der Waals surface area contributed by atoms with Crippen LogP contribution >= 0.6 is 12.2 Å². The molecule has 0 aliphatic carbocycles. The number of rotatable bonds is 7. The van der Waals surface area contributed by atoms with Gasteiger partial charge in [-0.1, -0.05) is 41.0 Å². The smallest absolute Gasteiger partial charge is 0.166 e. The molecule has 0 fully saturated rings.